The lowest BCUT2D eigenvalue weighted by Gasteiger charge is -2.21. The van der Waals surface area contributed by atoms with Gasteiger partial charge in [-0.15, -0.1) is 0 Å². The highest BCUT2D eigenvalue weighted by Crippen LogP contribution is 2.29. The first-order valence-corrected chi connectivity index (χ1v) is 9.35. The molecule has 1 aromatic carbocycles. The van der Waals surface area contributed by atoms with Crippen LogP contribution in [0, 0.1) is 25.2 Å². The van der Waals surface area contributed by atoms with Gasteiger partial charge in [-0.2, -0.15) is 5.26 Å². The Hall–Kier alpha value is -2.03. The molecule has 0 aliphatic rings. The summed E-state index contributed by atoms with van der Waals surface area (Å²) in [5, 5.41) is 10.4. The zero-order valence-electron chi connectivity index (χ0n) is 14.5. The van der Waals surface area contributed by atoms with Gasteiger partial charge in [0.05, 0.1) is 22.0 Å². The number of nitriles is 1. The van der Waals surface area contributed by atoms with E-state index in [1.165, 1.54) is 11.8 Å². The highest BCUT2D eigenvalue weighted by Gasteiger charge is 2.17. The van der Waals surface area contributed by atoms with E-state index in [9.17, 15) is 10.1 Å². The number of halogens is 1. The molecule has 1 aromatic heterocycles. The molecule has 4 nitrogen and oxygen atoms in total. The molecule has 0 saturated carbocycles. The number of aryl methyl sites for hydroxylation is 1. The van der Waals surface area contributed by atoms with Crippen molar-refractivity contribution in [1.82, 2.24) is 9.88 Å². The molecule has 0 spiro atoms. The SMILES string of the molecule is CCN(Cc1ccccc1)C(=O)CSc1nc(C)c(Cl)c(C)c1C#N. The highest BCUT2D eigenvalue weighted by atomic mass is 35.5. The Labute approximate surface area is 157 Å². The van der Waals surface area contributed by atoms with Crippen molar-refractivity contribution in [2.45, 2.75) is 32.3 Å². The largest absolute Gasteiger partial charge is 0.338 e. The molecule has 0 radical (unpaired) electrons. The zero-order chi connectivity index (χ0) is 18.4. The van der Waals surface area contributed by atoms with E-state index in [2.05, 4.69) is 11.1 Å². The fourth-order valence-corrected chi connectivity index (χ4v) is 3.56. The van der Waals surface area contributed by atoms with Gasteiger partial charge in [-0.25, -0.2) is 4.98 Å². The lowest BCUT2D eigenvalue weighted by molar-refractivity contribution is -0.128. The molecule has 0 aliphatic carbocycles. The van der Waals surface area contributed by atoms with Crippen LogP contribution in [0.15, 0.2) is 35.4 Å². The number of carbonyl (C=O) groups is 1. The Balaban J connectivity index is 2.10. The standard InChI is InChI=1S/C19H20ClN3OS/c1-4-23(11-15-8-6-5-7-9-15)17(24)12-25-19-16(10-21)13(2)18(20)14(3)22-19/h5-9H,4,11-12H2,1-3H3. The van der Waals surface area contributed by atoms with Gasteiger partial charge in [0.15, 0.2) is 0 Å². The second-order valence-electron chi connectivity index (χ2n) is 5.61. The van der Waals surface area contributed by atoms with Gasteiger partial charge < -0.3 is 4.90 Å². The van der Waals surface area contributed by atoms with Crippen LogP contribution in [-0.4, -0.2) is 28.1 Å². The van der Waals surface area contributed by atoms with Crippen molar-refractivity contribution in [3.8, 4) is 6.07 Å². The summed E-state index contributed by atoms with van der Waals surface area (Å²) in [5.74, 6) is 0.260. The molecule has 1 amide bonds. The normalized spacial score (nSPS) is 10.4. The molecule has 0 bridgehead atoms. The molecule has 6 heteroatoms. The van der Waals surface area contributed by atoms with Crippen LogP contribution in [0.5, 0.6) is 0 Å². The fraction of sp³-hybridized carbons (Fsp3) is 0.316. The van der Waals surface area contributed by atoms with Crippen molar-refractivity contribution in [2.24, 2.45) is 0 Å². The van der Waals surface area contributed by atoms with Crippen molar-refractivity contribution in [3.63, 3.8) is 0 Å². The van der Waals surface area contributed by atoms with Crippen molar-refractivity contribution in [3.05, 3.63) is 57.7 Å². The van der Waals surface area contributed by atoms with E-state index in [0.717, 1.165) is 5.56 Å². The summed E-state index contributed by atoms with van der Waals surface area (Å²) in [6.45, 7) is 6.77. The highest BCUT2D eigenvalue weighted by molar-refractivity contribution is 8.00. The van der Waals surface area contributed by atoms with E-state index in [0.29, 0.717) is 40.0 Å². The minimum Gasteiger partial charge on any atom is -0.338 e. The molecule has 0 aliphatic heterocycles. The minimum atomic E-state index is 0.0206. The van der Waals surface area contributed by atoms with E-state index in [-0.39, 0.29) is 11.7 Å². The first-order valence-electron chi connectivity index (χ1n) is 7.99. The number of hydrogen-bond acceptors (Lipinski definition) is 4. The number of thioether (sulfide) groups is 1. The molecule has 2 aromatic rings. The average molecular weight is 374 g/mol. The fourth-order valence-electron chi connectivity index (χ4n) is 2.44. The van der Waals surface area contributed by atoms with Crippen LogP contribution < -0.4 is 0 Å². The maximum atomic E-state index is 12.6. The second kappa shape index (κ2) is 8.89. The van der Waals surface area contributed by atoms with E-state index in [4.69, 9.17) is 11.6 Å². The van der Waals surface area contributed by atoms with Crippen LogP contribution in [0.1, 0.15) is 29.3 Å². The van der Waals surface area contributed by atoms with Crippen LogP contribution in [0.2, 0.25) is 5.02 Å². The number of aromatic nitrogens is 1. The number of pyridine rings is 1. The smallest absolute Gasteiger partial charge is 0.233 e. The quantitative estimate of drug-likeness (QED) is 0.706. The topological polar surface area (TPSA) is 57.0 Å². The average Bonchev–Trinajstić information content (AvgIpc) is 2.63. The lowest BCUT2D eigenvalue weighted by Crippen LogP contribution is -2.31. The molecule has 0 atom stereocenters. The van der Waals surface area contributed by atoms with Crippen molar-refractivity contribution >= 4 is 29.3 Å². The van der Waals surface area contributed by atoms with E-state index >= 15 is 0 Å². The molecule has 0 saturated heterocycles. The van der Waals surface area contributed by atoms with Gasteiger partial charge in [0, 0.05) is 13.1 Å². The van der Waals surface area contributed by atoms with E-state index < -0.39 is 0 Å². The Morgan fingerprint density at radius 1 is 1.32 bits per heavy atom. The molecular formula is C19H20ClN3OS. The van der Waals surface area contributed by atoms with Gasteiger partial charge in [-0.1, -0.05) is 53.7 Å². The first kappa shape index (κ1) is 19.3. The van der Waals surface area contributed by atoms with Crippen LogP contribution in [-0.2, 0) is 11.3 Å². The van der Waals surface area contributed by atoms with Gasteiger partial charge in [-0.05, 0) is 31.9 Å². The molecule has 25 heavy (non-hydrogen) atoms. The Kier molecular flexibility index (Phi) is 6.86. The van der Waals surface area contributed by atoms with E-state index in [1.807, 2.05) is 37.3 Å². The molecule has 1 heterocycles. The van der Waals surface area contributed by atoms with Crippen LogP contribution in [0.25, 0.3) is 0 Å². The first-order chi connectivity index (χ1) is 12.0. The molecule has 130 valence electrons. The molecule has 0 N–H and O–H groups in total. The molecule has 0 fully saturated rings. The van der Waals surface area contributed by atoms with E-state index in [1.54, 1.807) is 18.7 Å². The van der Waals surface area contributed by atoms with Gasteiger partial charge in [0.25, 0.3) is 0 Å². The summed E-state index contributed by atoms with van der Waals surface area (Å²) in [6, 6.07) is 12.0. The van der Waals surface area contributed by atoms with Crippen molar-refractivity contribution in [2.75, 3.05) is 12.3 Å². The predicted octanol–water partition coefficient (Wildman–Crippen LogP) is 4.36. The molecule has 0 unspecified atom stereocenters. The number of nitrogens with zero attached hydrogens (tertiary/aromatic N) is 3. The monoisotopic (exact) mass is 373 g/mol. The Morgan fingerprint density at radius 2 is 2.00 bits per heavy atom. The number of benzene rings is 1. The van der Waals surface area contributed by atoms with Crippen LogP contribution in [0.4, 0.5) is 0 Å². The third-order valence-electron chi connectivity index (χ3n) is 3.90. The van der Waals surface area contributed by atoms with Crippen LogP contribution in [0.3, 0.4) is 0 Å². The molecule has 2 rings (SSSR count). The van der Waals surface area contributed by atoms with Crippen molar-refractivity contribution < 1.29 is 4.79 Å². The third kappa shape index (κ3) is 4.75. The summed E-state index contributed by atoms with van der Waals surface area (Å²) >= 11 is 7.45. The zero-order valence-corrected chi connectivity index (χ0v) is 16.1. The van der Waals surface area contributed by atoms with Crippen molar-refractivity contribution in [1.29, 1.82) is 5.26 Å². The number of carbonyl (C=O) groups excluding carboxylic acids is 1. The third-order valence-corrected chi connectivity index (χ3v) is 5.42. The summed E-state index contributed by atoms with van der Waals surface area (Å²) in [5.41, 5.74) is 2.92. The second-order valence-corrected chi connectivity index (χ2v) is 6.95. The number of amides is 1. The maximum absolute atomic E-state index is 12.6. The Bertz CT molecular complexity index is 803. The summed E-state index contributed by atoms with van der Waals surface area (Å²) < 4.78 is 0. The summed E-state index contributed by atoms with van der Waals surface area (Å²) in [7, 11) is 0. The van der Waals surface area contributed by atoms with Gasteiger partial charge in [-0.3, -0.25) is 4.79 Å². The number of hydrogen-bond donors (Lipinski definition) is 0. The maximum Gasteiger partial charge on any atom is 0.233 e. The summed E-state index contributed by atoms with van der Waals surface area (Å²) in [4.78, 5) is 18.7. The van der Waals surface area contributed by atoms with Crippen LogP contribution >= 0.6 is 23.4 Å². The Morgan fingerprint density at radius 3 is 2.60 bits per heavy atom. The van der Waals surface area contributed by atoms with Gasteiger partial charge in [0.1, 0.15) is 11.1 Å². The predicted molar refractivity (Wildman–Crippen MR) is 102 cm³/mol. The minimum absolute atomic E-state index is 0.0206. The van der Waals surface area contributed by atoms with Gasteiger partial charge >= 0.3 is 0 Å². The number of rotatable bonds is 6. The van der Waals surface area contributed by atoms with Gasteiger partial charge in [0.2, 0.25) is 5.91 Å². The summed E-state index contributed by atoms with van der Waals surface area (Å²) in [6.07, 6.45) is 0. The molecular weight excluding hydrogens is 354 g/mol. The lowest BCUT2D eigenvalue weighted by atomic mass is 10.1.